The van der Waals surface area contributed by atoms with E-state index >= 15 is 0 Å². The Kier molecular flexibility index (Phi) is 3.84. The van der Waals surface area contributed by atoms with E-state index in [-0.39, 0.29) is 24.3 Å². The Bertz CT molecular complexity index is 447. The van der Waals surface area contributed by atoms with Crippen molar-refractivity contribution in [2.24, 2.45) is 0 Å². The van der Waals surface area contributed by atoms with Crippen LogP contribution in [0.25, 0.3) is 0 Å². The van der Waals surface area contributed by atoms with Crippen LogP contribution >= 0.6 is 0 Å². The normalized spacial score (nSPS) is 19.9. The van der Waals surface area contributed by atoms with Crippen molar-refractivity contribution >= 4 is 5.91 Å². The Labute approximate surface area is 106 Å². The van der Waals surface area contributed by atoms with Gasteiger partial charge in [0.25, 0.3) is 5.91 Å². The highest BCUT2D eigenvalue weighted by Crippen LogP contribution is 2.20. The number of aliphatic hydroxyl groups excluding tert-OH is 1. The summed E-state index contributed by atoms with van der Waals surface area (Å²) in [5.41, 5.74) is 1.16. The number of rotatable bonds is 2. The third kappa shape index (κ3) is 2.47. The second-order valence-electron chi connectivity index (χ2n) is 4.41. The lowest BCUT2D eigenvalue weighted by Gasteiger charge is -2.34. The van der Waals surface area contributed by atoms with Crippen LogP contribution in [-0.2, 0) is 4.74 Å². The second kappa shape index (κ2) is 5.37. The van der Waals surface area contributed by atoms with E-state index < -0.39 is 0 Å². The van der Waals surface area contributed by atoms with Gasteiger partial charge in [-0.3, -0.25) is 4.79 Å². The molecule has 1 atom stereocenters. The topological polar surface area (TPSA) is 70.0 Å². The number of ether oxygens (including phenoxy) is 1. The molecule has 5 nitrogen and oxygen atoms in total. The predicted molar refractivity (Wildman–Crippen MR) is 65.6 cm³/mol. The number of amides is 1. The van der Waals surface area contributed by atoms with Gasteiger partial charge in [-0.2, -0.15) is 0 Å². The summed E-state index contributed by atoms with van der Waals surface area (Å²) in [6, 6.07) is 4.54. The number of carbonyl (C=O) groups excluding carboxylic acids is 1. The molecule has 1 saturated heterocycles. The minimum Gasteiger partial charge on any atom is -0.508 e. The number of hydrogen-bond acceptors (Lipinski definition) is 4. The zero-order valence-electron chi connectivity index (χ0n) is 10.3. The number of morpholine rings is 1. The molecule has 98 valence electrons. The van der Waals surface area contributed by atoms with Gasteiger partial charge in [0.05, 0.1) is 25.9 Å². The van der Waals surface area contributed by atoms with Crippen molar-refractivity contribution in [2.45, 2.75) is 13.0 Å². The fourth-order valence-corrected chi connectivity index (χ4v) is 1.98. The summed E-state index contributed by atoms with van der Waals surface area (Å²) in [7, 11) is 0. The number of aromatic hydroxyl groups is 1. The van der Waals surface area contributed by atoms with Gasteiger partial charge in [0.2, 0.25) is 0 Å². The molecule has 1 aliphatic rings. The molecule has 2 N–H and O–H groups in total. The molecule has 18 heavy (non-hydrogen) atoms. The van der Waals surface area contributed by atoms with Gasteiger partial charge in [0.1, 0.15) is 5.75 Å². The number of carbonyl (C=O) groups is 1. The first kappa shape index (κ1) is 12.9. The summed E-state index contributed by atoms with van der Waals surface area (Å²) in [6.07, 6.45) is 0. The van der Waals surface area contributed by atoms with Crippen LogP contribution in [0.3, 0.4) is 0 Å². The minimum absolute atomic E-state index is 0.106. The number of phenolic OH excluding ortho intramolecular Hbond substituents is 1. The van der Waals surface area contributed by atoms with Gasteiger partial charge < -0.3 is 19.8 Å². The zero-order valence-corrected chi connectivity index (χ0v) is 10.3. The van der Waals surface area contributed by atoms with Crippen molar-refractivity contribution in [1.82, 2.24) is 4.90 Å². The fourth-order valence-electron chi connectivity index (χ4n) is 1.98. The van der Waals surface area contributed by atoms with Gasteiger partial charge in [0.15, 0.2) is 0 Å². The maximum absolute atomic E-state index is 12.3. The van der Waals surface area contributed by atoms with Crippen molar-refractivity contribution < 1.29 is 19.7 Å². The maximum Gasteiger partial charge on any atom is 0.254 e. The molecule has 0 spiro atoms. The van der Waals surface area contributed by atoms with Crippen LogP contribution in [-0.4, -0.2) is 53.4 Å². The first-order chi connectivity index (χ1) is 8.63. The van der Waals surface area contributed by atoms with E-state index in [1.165, 1.54) is 6.07 Å². The van der Waals surface area contributed by atoms with E-state index in [1.807, 2.05) is 0 Å². The van der Waals surface area contributed by atoms with Crippen LogP contribution in [0.4, 0.5) is 0 Å². The Balaban J connectivity index is 2.21. The molecule has 1 aromatic carbocycles. The lowest BCUT2D eigenvalue weighted by Crippen LogP contribution is -2.50. The molecule has 0 aliphatic carbocycles. The number of aryl methyl sites for hydroxylation is 1. The second-order valence-corrected chi connectivity index (χ2v) is 4.41. The van der Waals surface area contributed by atoms with Gasteiger partial charge in [0, 0.05) is 12.1 Å². The smallest absolute Gasteiger partial charge is 0.254 e. The maximum atomic E-state index is 12.3. The first-order valence-electron chi connectivity index (χ1n) is 5.92. The van der Waals surface area contributed by atoms with E-state index in [0.29, 0.717) is 25.3 Å². The summed E-state index contributed by atoms with van der Waals surface area (Å²) in [5, 5.41) is 18.9. The molecular formula is C13H17NO4. The van der Waals surface area contributed by atoms with Crippen LogP contribution in [0.5, 0.6) is 5.75 Å². The number of phenols is 1. The highest BCUT2D eigenvalue weighted by Gasteiger charge is 2.27. The van der Waals surface area contributed by atoms with Gasteiger partial charge >= 0.3 is 0 Å². The standard InChI is InChI=1S/C13H17NO4/c1-9-2-3-10(6-12(9)16)13(17)14-4-5-18-8-11(14)7-15/h2-3,6,11,15-16H,4-5,7-8H2,1H3. The SMILES string of the molecule is Cc1ccc(C(=O)N2CCOCC2CO)cc1O. The number of hydrogen-bond donors (Lipinski definition) is 2. The quantitative estimate of drug-likeness (QED) is 0.804. The molecule has 5 heteroatoms. The molecule has 0 bridgehead atoms. The minimum atomic E-state index is -0.310. The predicted octanol–water partition coefficient (Wildman–Crippen LogP) is 0.534. The summed E-state index contributed by atoms with van der Waals surface area (Å²) in [6.45, 7) is 2.93. The van der Waals surface area contributed by atoms with Crippen molar-refractivity contribution in [3.05, 3.63) is 29.3 Å². The molecule has 1 heterocycles. The average molecular weight is 251 g/mol. The molecule has 0 saturated carbocycles. The molecule has 0 aromatic heterocycles. The van der Waals surface area contributed by atoms with E-state index in [1.54, 1.807) is 24.0 Å². The van der Waals surface area contributed by atoms with Crippen molar-refractivity contribution in [2.75, 3.05) is 26.4 Å². The number of aliphatic hydroxyl groups is 1. The monoisotopic (exact) mass is 251 g/mol. The Morgan fingerprint density at radius 2 is 2.33 bits per heavy atom. The van der Waals surface area contributed by atoms with Crippen molar-refractivity contribution in [1.29, 1.82) is 0 Å². The summed E-state index contributed by atoms with van der Waals surface area (Å²) < 4.78 is 5.23. The molecule has 1 unspecified atom stereocenters. The van der Waals surface area contributed by atoms with Crippen molar-refractivity contribution in [3.63, 3.8) is 0 Å². The van der Waals surface area contributed by atoms with Crippen LogP contribution in [0, 0.1) is 6.92 Å². The molecule has 1 fully saturated rings. The molecule has 1 amide bonds. The summed E-state index contributed by atoms with van der Waals surface area (Å²) in [5.74, 6) is -0.0812. The molecular weight excluding hydrogens is 234 g/mol. The van der Waals surface area contributed by atoms with E-state index in [4.69, 9.17) is 4.74 Å². The summed E-state index contributed by atoms with van der Waals surface area (Å²) in [4.78, 5) is 13.9. The van der Waals surface area contributed by atoms with Gasteiger partial charge in [-0.25, -0.2) is 0 Å². The Hall–Kier alpha value is -1.59. The van der Waals surface area contributed by atoms with Crippen LogP contribution in [0.2, 0.25) is 0 Å². The molecule has 2 rings (SSSR count). The number of nitrogens with zero attached hydrogens (tertiary/aromatic N) is 1. The third-order valence-electron chi connectivity index (χ3n) is 3.16. The van der Waals surface area contributed by atoms with Gasteiger partial charge in [-0.1, -0.05) is 6.07 Å². The molecule has 0 radical (unpaired) electrons. The van der Waals surface area contributed by atoms with Crippen LogP contribution in [0.15, 0.2) is 18.2 Å². The van der Waals surface area contributed by atoms with Gasteiger partial charge in [-0.15, -0.1) is 0 Å². The lowest BCUT2D eigenvalue weighted by molar-refractivity contribution is -0.0184. The zero-order chi connectivity index (χ0) is 13.1. The van der Waals surface area contributed by atoms with Crippen LogP contribution < -0.4 is 0 Å². The largest absolute Gasteiger partial charge is 0.508 e. The first-order valence-corrected chi connectivity index (χ1v) is 5.92. The summed E-state index contributed by atoms with van der Waals surface area (Å²) >= 11 is 0. The van der Waals surface area contributed by atoms with Crippen molar-refractivity contribution in [3.8, 4) is 5.75 Å². The van der Waals surface area contributed by atoms with E-state index in [2.05, 4.69) is 0 Å². The third-order valence-corrected chi connectivity index (χ3v) is 3.16. The van der Waals surface area contributed by atoms with Gasteiger partial charge in [-0.05, 0) is 24.6 Å². The molecule has 1 aliphatic heterocycles. The Morgan fingerprint density at radius 3 is 3.00 bits per heavy atom. The van der Waals surface area contributed by atoms with Crippen LogP contribution in [0.1, 0.15) is 15.9 Å². The Morgan fingerprint density at radius 1 is 1.56 bits per heavy atom. The highest BCUT2D eigenvalue weighted by molar-refractivity contribution is 5.95. The van der Waals surface area contributed by atoms with E-state index in [9.17, 15) is 15.0 Å². The average Bonchev–Trinajstić information content (AvgIpc) is 2.41. The van der Waals surface area contributed by atoms with E-state index in [0.717, 1.165) is 5.56 Å². The molecule has 1 aromatic rings. The fraction of sp³-hybridized carbons (Fsp3) is 0.462. The highest BCUT2D eigenvalue weighted by atomic mass is 16.5. The lowest BCUT2D eigenvalue weighted by atomic mass is 10.1. The number of benzene rings is 1.